The number of imide groups is 1. The molecule has 3 aromatic carbocycles. The Morgan fingerprint density at radius 1 is 0.829 bits per heavy atom. The molecule has 0 aromatic heterocycles. The Balaban J connectivity index is 1.45. The van der Waals surface area contributed by atoms with Crippen molar-refractivity contribution >= 4 is 58.4 Å². The second kappa shape index (κ2) is 8.26. The smallest absolute Gasteiger partial charge is 0.247 e. The minimum absolute atomic E-state index is 0.303. The SMILES string of the molecule is O=C(Nc1ccc(Cl)cc1)[C@@H]1[C@@H]2C(=O)N(c3ccccc3Cl)C(=O)[C@@H]2[C@H]2c3ccccc3C=CN12. The van der Waals surface area contributed by atoms with Crippen LogP contribution in [0, 0.1) is 11.8 Å². The zero-order valence-corrected chi connectivity index (χ0v) is 19.8. The van der Waals surface area contributed by atoms with Crippen molar-refractivity contribution in [1.82, 2.24) is 4.90 Å². The van der Waals surface area contributed by atoms with Crippen molar-refractivity contribution in [3.8, 4) is 0 Å². The minimum Gasteiger partial charge on any atom is -0.357 e. The van der Waals surface area contributed by atoms with Gasteiger partial charge in [0.25, 0.3) is 0 Å². The van der Waals surface area contributed by atoms with Gasteiger partial charge in [-0.05, 0) is 53.6 Å². The maximum absolute atomic E-state index is 13.8. The van der Waals surface area contributed by atoms with Crippen LogP contribution in [0.4, 0.5) is 11.4 Å². The van der Waals surface area contributed by atoms with E-state index in [1.54, 1.807) is 48.5 Å². The molecule has 0 bridgehead atoms. The molecule has 1 N–H and O–H groups in total. The van der Waals surface area contributed by atoms with Crippen LogP contribution in [0.2, 0.25) is 10.0 Å². The van der Waals surface area contributed by atoms with Gasteiger partial charge in [-0.3, -0.25) is 14.4 Å². The van der Waals surface area contributed by atoms with Crippen LogP contribution in [0.1, 0.15) is 17.2 Å². The summed E-state index contributed by atoms with van der Waals surface area (Å²) < 4.78 is 0. The van der Waals surface area contributed by atoms with Crippen LogP contribution >= 0.6 is 23.2 Å². The molecule has 3 amide bonds. The Bertz CT molecular complexity index is 1400. The molecule has 3 aliphatic heterocycles. The molecular formula is C27H19Cl2N3O3. The molecule has 0 unspecified atom stereocenters. The zero-order chi connectivity index (χ0) is 24.3. The molecule has 2 fully saturated rings. The highest BCUT2D eigenvalue weighted by molar-refractivity contribution is 6.36. The molecule has 4 atom stereocenters. The van der Waals surface area contributed by atoms with Crippen LogP contribution < -0.4 is 10.2 Å². The highest BCUT2D eigenvalue weighted by atomic mass is 35.5. The number of carbonyl (C=O) groups is 3. The summed E-state index contributed by atoms with van der Waals surface area (Å²) in [6.45, 7) is 0. The average Bonchev–Trinajstić information content (AvgIpc) is 3.34. The van der Waals surface area contributed by atoms with Crippen LogP contribution in [-0.2, 0) is 14.4 Å². The summed E-state index contributed by atoms with van der Waals surface area (Å²) in [5, 5.41) is 3.75. The number of nitrogens with zero attached hydrogens (tertiary/aromatic N) is 2. The highest BCUT2D eigenvalue weighted by Gasteiger charge is 2.64. The van der Waals surface area contributed by atoms with Crippen molar-refractivity contribution in [3.05, 3.63) is 100 Å². The van der Waals surface area contributed by atoms with Gasteiger partial charge in [0.15, 0.2) is 0 Å². The highest BCUT2D eigenvalue weighted by Crippen LogP contribution is 2.53. The fourth-order valence-electron chi connectivity index (χ4n) is 5.48. The Kier molecular flexibility index (Phi) is 5.16. The van der Waals surface area contributed by atoms with Crippen molar-refractivity contribution in [1.29, 1.82) is 0 Å². The quantitative estimate of drug-likeness (QED) is 0.502. The van der Waals surface area contributed by atoms with E-state index in [1.807, 2.05) is 41.4 Å². The first kappa shape index (κ1) is 21.9. The molecule has 35 heavy (non-hydrogen) atoms. The molecule has 6 nitrogen and oxygen atoms in total. The topological polar surface area (TPSA) is 69.7 Å². The second-order valence-electron chi connectivity index (χ2n) is 8.79. The number of carbonyl (C=O) groups excluding carboxylic acids is 3. The molecule has 3 aromatic rings. The number of amides is 3. The summed E-state index contributed by atoms with van der Waals surface area (Å²) in [6.07, 6.45) is 3.73. The first-order chi connectivity index (χ1) is 17.0. The van der Waals surface area contributed by atoms with E-state index in [9.17, 15) is 14.4 Å². The molecule has 3 aliphatic rings. The Hall–Kier alpha value is -3.61. The third-order valence-electron chi connectivity index (χ3n) is 6.94. The number of hydrogen-bond acceptors (Lipinski definition) is 4. The van der Waals surface area contributed by atoms with Gasteiger partial charge in [-0.2, -0.15) is 0 Å². The number of nitrogens with one attached hydrogen (secondary N) is 1. The molecule has 2 saturated heterocycles. The van der Waals surface area contributed by atoms with Crippen LogP contribution in [0.3, 0.4) is 0 Å². The Morgan fingerprint density at radius 3 is 2.29 bits per heavy atom. The largest absolute Gasteiger partial charge is 0.357 e. The molecule has 8 heteroatoms. The number of hydrogen-bond donors (Lipinski definition) is 1. The Morgan fingerprint density at radius 2 is 1.51 bits per heavy atom. The summed E-state index contributed by atoms with van der Waals surface area (Å²) in [4.78, 5) is 44.3. The van der Waals surface area contributed by atoms with Gasteiger partial charge in [0.2, 0.25) is 17.7 Å². The number of benzene rings is 3. The lowest BCUT2D eigenvalue weighted by Crippen LogP contribution is -2.46. The van der Waals surface area contributed by atoms with E-state index in [2.05, 4.69) is 5.32 Å². The van der Waals surface area contributed by atoms with Crippen molar-refractivity contribution in [2.24, 2.45) is 11.8 Å². The summed E-state index contributed by atoms with van der Waals surface area (Å²) >= 11 is 12.4. The van der Waals surface area contributed by atoms with Gasteiger partial charge in [0.05, 0.1) is 28.6 Å². The van der Waals surface area contributed by atoms with Gasteiger partial charge in [-0.25, -0.2) is 4.90 Å². The van der Waals surface area contributed by atoms with Crippen LogP contribution in [0.15, 0.2) is 79.0 Å². The third-order valence-corrected chi connectivity index (χ3v) is 7.51. The van der Waals surface area contributed by atoms with Crippen LogP contribution in [0.5, 0.6) is 0 Å². The van der Waals surface area contributed by atoms with Crippen molar-refractivity contribution < 1.29 is 14.4 Å². The van der Waals surface area contributed by atoms with Crippen molar-refractivity contribution in [3.63, 3.8) is 0 Å². The summed E-state index contributed by atoms with van der Waals surface area (Å²) in [6, 6.07) is 19.9. The van der Waals surface area contributed by atoms with E-state index in [0.717, 1.165) is 16.0 Å². The van der Waals surface area contributed by atoms with E-state index in [0.29, 0.717) is 21.4 Å². The van der Waals surface area contributed by atoms with Crippen molar-refractivity contribution in [2.75, 3.05) is 10.2 Å². The summed E-state index contributed by atoms with van der Waals surface area (Å²) in [7, 11) is 0. The number of fused-ring (bicyclic) bond motifs is 5. The summed E-state index contributed by atoms with van der Waals surface area (Å²) in [5.74, 6) is -2.74. The number of anilines is 2. The molecule has 3 heterocycles. The fraction of sp³-hybridized carbons (Fsp3) is 0.148. The molecule has 0 spiro atoms. The van der Waals surface area contributed by atoms with Gasteiger partial charge < -0.3 is 10.2 Å². The molecule has 0 radical (unpaired) electrons. The normalized spacial score (nSPS) is 24.3. The molecular weight excluding hydrogens is 485 g/mol. The monoisotopic (exact) mass is 503 g/mol. The molecule has 0 aliphatic carbocycles. The van der Waals surface area contributed by atoms with Gasteiger partial charge in [0.1, 0.15) is 6.04 Å². The molecule has 6 rings (SSSR count). The average molecular weight is 504 g/mol. The fourth-order valence-corrected chi connectivity index (χ4v) is 5.82. The van der Waals surface area contributed by atoms with Gasteiger partial charge in [0, 0.05) is 16.9 Å². The number of para-hydroxylation sites is 1. The number of rotatable bonds is 3. The van der Waals surface area contributed by atoms with E-state index in [-0.39, 0.29) is 11.8 Å². The van der Waals surface area contributed by atoms with E-state index >= 15 is 0 Å². The minimum atomic E-state index is -0.880. The predicted octanol–water partition coefficient (Wildman–Crippen LogP) is 5.15. The first-order valence-corrected chi connectivity index (χ1v) is 11.9. The van der Waals surface area contributed by atoms with Gasteiger partial charge in [-0.1, -0.05) is 59.6 Å². The Labute approximate surface area is 211 Å². The lowest BCUT2D eigenvalue weighted by Gasteiger charge is -2.35. The van der Waals surface area contributed by atoms with Gasteiger partial charge in [-0.15, -0.1) is 0 Å². The first-order valence-electron chi connectivity index (χ1n) is 11.2. The van der Waals surface area contributed by atoms with Crippen LogP contribution in [-0.4, -0.2) is 28.7 Å². The maximum Gasteiger partial charge on any atom is 0.247 e. The number of halogens is 2. The standard InChI is InChI=1S/C27H19Cl2N3O3/c28-16-9-11-17(12-10-16)30-25(33)24-22-21(23-18-6-2-1-5-15(18)13-14-31(23)24)26(34)32(27(22)35)20-8-4-3-7-19(20)29/h1-14,21-24H,(H,30,33)/t21-,22+,23+,24-/m0/s1. The van der Waals surface area contributed by atoms with E-state index in [4.69, 9.17) is 23.2 Å². The van der Waals surface area contributed by atoms with Crippen LogP contribution in [0.25, 0.3) is 6.08 Å². The maximum atomic E-state index is 13.8. The summed E-state index contributed by atoms with van der Waals surface area (Å²) in [5.41, 5.74) is 2.76. The molecule has 0 saturated carbocycles. The second-order valence-corrected chi connectivity index (χ2v) is 9.64. The molecule has 174 valence electrons. The van der Waals surface area contributed by atoms with Crippen molar-refractivity contribution in [2.45, 2.75) is 12.1 Å². The predicted molar refractivity (Wildman–Crippen MR) is 135 cm³/mol. The lowest BCUT2D eigenvalue weighted by atomic mass is 9.84. The van der Waals surface area contributed by atoms with E-state index < -0.39 is 29.8 Å². The van der Waals surface area contributed by atoms with Gasteiger partial charge >= 0.3 is 0 Å². The third kappa shape index (κ3) is 3.36. The lowest BCUT2D eigenvalue weighted by molar-refractivity contribution is -0.128. The zero-order valence-electron chi connectivity index (χ0n) is 18.3. The van der Waals surface area contributed by atoms with E-state index in [1.165, 1.54) is 0 Å².